The van der Waals surface area contributed by atoms with Gasteiger partial charge in [-0.25, -0.2) is 0 Å². The Balaban J connectivity index is 1.03. The molecular weight excluding hydrogens is 474 g/mol. The number of aliphatic hydroxyl groups is 1. The van der Waals surface area contributed by atoms with Crippen molar-refractivity contribution in [3.05, 3.63) is 59.8 Å². The minimum atomic E-state index is -0.540. The number of para-hydroxylation sites is 1. The zero-order valence-electron chi connectivity index (χ0n) is 22.9. The molecule has 4 aliphatic rings. The molecule has 3 N–H and O–H groups in total. The second kappa shape index (κ2) is 9.41. The lowest BCUT2D eigenvalue weighted by Gasteiger charge is -2.58. The summed E-state index contributed by atoms with van der Waals surface area (Å²) in [4.78, 5) is 21.0. The average molecular weight is 516 g/mol. The van der Waals surface area contributed by atoms with Gasteiger partial charge < -0.3 is 20.2 Å². The molecule has 0 saturated heterocycles. The molecule has 0 spiro atoms. The highest BCUT2D eigenvalue weighted by molar-refractivity contribution is 6.05. The summed E-state index contributed by atoms with van der Waals surface area (Å²) in [5, 5.41) is 19.6. The summed E-state index contributed by atoms with van der Waals surface area (Å²) in [6.45, 7) is 7.26. The number of hydrogen-bond acceptors (Lipinski definition) is 4. The number of allylic oxidation sites excluding steroid dienone is 4. The number of fused-ring (bicyclic) bond motifs is 6. The first-order valence-corrected chi connectivity index (χ1v) is 14.4. The highest BCUT2D eigenvalue weighted by Gasteiger charge is 2.61. The molecule has 38 heavy (non-hydrogen) atoms. The summed E-state index contributed by atoms with van der Waals surface area (Å²) in [5.41, 5.74) is 4.06. The number of oxime groups is 1. The first kappa shape index (κ1) is 25.4. The molecule has 6 heteroatoms. The summed E-state index contributed by atoms with van der Waals surface area (Å²) in [7, 11) is 0. The molecule has 6 nitrogen and oxygen atoms in total. The predicted octanol–water partition coefficient (Wildman–Crippen LogP) is 5.69. The van der Waals surface area contributed by atoms with Crippen LogP contribution in [0.5, 0.6) is 0 Å². The Hall–Kier alpha value is -2.86. The fourth-order valence-electron chi connectivity index (χ4n) is 8.40. The molecule has 0 aliphatic heterocycles. The van der Waals surface area contributed by atoms with E-state index in [4.69, 9.17) is 4.84 Å². The molecule has 6 rings (SSSR count). The highest BCUT2D eigenvalue weighted by Crippen LogP contribution is 2.66. The smallest absolute Gasteiger partial charge is 0.260 e. The topological polar surface area (TPSA) is 86.7 Å². The van der Waals surface area contributed by atoms with Crippen molar-refractivity contribution in [2.45, 2.75) is 71.3 Å². The van der Waals surface area contributed by atoms with E-state index in [1.165, 1.54) is 22.9 Å². The second-order valence-corrected chi connectivity index (χ2v) is 12.7. The van der Waals surface area contributed by atoms with Crippen LogP contribution in [-0.2, 0) is 16.1 Å². The van der Waals surface area contributed by atoms with Gasteiger partial charge in [-0.05, 0) is 98.8 Å². The average Bonchev–Trinajstić information content (AvgIpc) is 3.41. The number of hydrogen-bond donors (Lipinski definition) is 3. The fraction of sp³-hybridized carbons (Fsp3) is 0.562. The first-order valence-electron chi connectivity index (χ1n) is 14.4. The van der Waals surface area contributed by atoms with E-state index in [1.807, 2.05) is 18.3 Å². The highest BCUT2D eigenvalue weighted by atomic mass is 16.6. The lowest BCUT2D eigenvalue weighted by molar-refractivity contribution is -0.125. The summed E-state index contributed by atoms with van der Waals surface area (Å²) in [5.74, 6) is 1.72. The first-order chi connectivity index (χ1) is 18.2. The van der Waals surface area contributed by atoms with Crippen LogP contribution in [0.25, 0.3) is 10.9 Å². The Kier molecular flexibility index (Phi) is 6.29. The van der Waals surface area contributed by atoms with Crippen molar-refractivity contribution < 1.29 is 14.7 Å². The molecule has 1 amide bonds. The molecule has 6 atom stereocenters. The van der Waals surface area contributed by atoms with Gasteiger partial charge in [0.1, 0.15) is 5.71 Å². The number of rotatable bonds is 6. The quantitative estimate of drug-likeness (QED) is 0.432. The van der Waals surface area contributed by atoms with Gasteiger partial charge in [0.25, 0.3) is 5.91 Å². The molecule has 4 aliphatic carbocycles. The molecule has 1 aromatic carbocycles. The third-order valence-corrected chi connectivity index (χ3v) is 10.9. The van der Waals surface area contributed by atoms with Gasteiger partial charge in [-0.15, -0.1) is 0 Å². The van der Waals surface area contributed by atoms with Gasteiger partial charge in [-0.1, -0.05) is 48.9 Å². The number of carbonyl (C=O) groups excluding carboxylic acids is 1. The summed E-state index contributed by atoms with van der Waals surface area (Å²) >= 11 is 0. The van der Waals surface area contributed by atoms with Gasteiger partial charge in [0.2, 0.25) is 0 Å². The van der Waals surface area contributed by atoms with Crippen LogP contribution in [0.3, 0.4) is 0 Å². The zero-order valence-corrected chi connectivity index (χ0v) is 22.9. The molecule has 0 bridgehead atoms. The second-order valence-electron chi connectivity index (χ2n) is 12.7. The number of carbonyl (C=O) groups is 1. The van der Waals surface area contributed by atoms with Crippen molar-refractivity contribution in [3.8, 4) is 0 Å². The largest absolute Gasteiger partial charge is 0.390 e. The van der Waals surface area contributed by atoms with Gasteiger partial charge in [0, 0.05) is 29.1 Å². The van der Waals surface area contributed by atoms with Crippen molar-refractivity contribution in [2.75, 3.05) is 13.2 Å². The van der Waals surface area contributed by atoms with E-state index in [-0.39, 0.29) is 23.3 Å². The third-order valence-electron chi connectivity index (χ3n) is 10.9. The van der Waals surface area contributed by atoms with Crippen LogP contribution in [0.4, 0.5) is 0 Å². The van der Waals surface area contributed by atoms with Crippen LogP contribution in [0, 0.1) is 28.6 Å². The number of nitrogens with zero attached hydrogens (tertiary/aromatic N) is 1. The molecule has 1 aromatic heterocycles. The Morgan fingerprint density at radius 2 is 1.97 bits per heavy atom. The molecule has 202 valence electrons. The van der Waals surface area contributed by atoms with Crippen LogP contribution in [0.15, 0.2) is 59.4 Å². The van der Waals surface area contributed by atoms with Crippen LogP contribution >= 0.6 is 0 Å². The maximum atomic E-state index is 12.3. The molecular formula is C32H41N3O3. The third kappa shape index (κ3) is 4.12. The maximum Gasteiger partial charge on any atom is 0.260 e. The minimum Gasteiger partial charge on any atom is -0.390 e. The standard InChI is InChI=1S/C32H41N3O3/c1-30-14-10-23(35-38-20-29(36)33-17-13-21-19-34-28-7-5-4-6-24(21)28)18-22(30)8-9-25-26(30)11-15-31(2)27(25)12-16-32(31,3)37/h4-7,10,14,18-19,25-27,34,37H,8-9,11-13,15-17,20H2,1-3H3,(H,33,36)/t25-,26+,27+,30+,31+,32+/m1/s1. The Bertz CT molecular complexity index is 1320. The van der Waals surface area contributed by atoms with E-state index in [2.05, 4.69) is 66.6 Å². The van der Waals surface area contributed by atoms with E-state index >= 15 is 0 Å². The Morgan fingerprint density at radius 3 is 2.84 bits per heavy atom. The van der Waals surface area contributed by atoms with E-state index in [9.17, 15) is 9.90 Å². The van der Waals surface area contributed by atoms with Gasteiger partial charge in [-0.2, -0.15) is 0 Å². The van der Waals surface area contributed by atoms with Gasteiger partial charge in [0.05, 0.1) is 5.60 Å². The number of amides is 1. The van der Waals surface area contributed by atoms with Crippen molar-refractivity contribution in [1.29, 1.82) is 0 Å². The normalized spacial score (nSPS) is 36.9. The summed E-state index contributed by atoms with van der Waals surface area (Å²) in [6, 6.07) is 8.19. The molecule has 3 saturated carbocycles. The molecule has 0 radical (unpaired) electrons. The van der Waals surface area contributed by atoms with Gasteiger partial charge in [0.15, 0.2) is 6.61 Å². The van der Waals surface area contributed by atoms with Crippen molar-refractivity contribution in [2.24, 2.45) is 33.7 Å². The Morgan fingerprint density at radius 1 is 1.16 bits per heavy atom. The molecule has 0 unspecified atom stereocenters. The fourth-order valence-corrected chi connectivity index (χ4v) is 8.40. The monoisotopic (exact) mass is 515 g/mol. The Labute approximate surface area is 225 Å². The summed E-state index contributed by atoms with van der Waals surface area (Å²) < 4.78 is 0. The van der Waals surface area contributed by atoms with E-state index < -0.39 is 5.60 Å². The predicted molar refractivity (Wildman–Crippen MR) is 151 cm³/mol. The number of aromatic nitrogens is 1. The molecule has 1 heterocycles. The van der Waals surface area contributed by atoms with Crippen LogP contribution in [-0.4, -0.2) is 40.5 Å². The van der Waals surface area contributed by atoms with Crippen molar-refractivity contribution >= 4 is 22.5 Å². The SMILES string of the molecule is C[C@]12C=CC(=NOCC(=O)NCCc3c[nH]c4ccccc34)C=C1CC[C@@H]1[C@@H]2CC[C@@]2(C)[C@H]1CC[C@]2(C)O. The number of nitrogens with one attached hydrogen (secondary N) is 2. The molecule has 2 aromatic rings. The van der Waals surface area contributed by atoms with Gasteiger partial charge in [-0.3, -0.25) is 4.79 Å². The maximum absolute atomic E-state index is 12.3. The van der Waals surface area contributed by atoms with E-state index in [0.29, 0.717) is 24.3 Å². The lowest BCUT2D eigenvalue weighted by atomic mass is 9.47. The van der Waals surface area contributed by atoms with Crippen LogP contribution in [0.2, 0.25) is 0 Å². The van der Waals surface area contributed by atoms with Crippen LogP contribution in [0.1, 0.15) is 64.9 Å². The van der Waals surface area contributed by atoms with Crippen LogP contribution < -0.4 is 5.32 Å². The lowest BCUT2D eigenvalue weighted by Crippen LogP contribution is -2.53. The van der Waals surface area contributed by atoms with Crippen molar-refractivity contribution in [3.63, 3.8) is 0 Å². The number of H-pyrrole nitrogens is 1. The molecule has 3 fully saturated rings. The summed E-state index contributed by atoms with van der Waals surface area (Å²) in [6.07, 6.45) is 15.9. The number of aromatic amines is 1. The van der Waals surface area contributed by atoms with Gasteiger partial charge >= 0.3 is 0 Å². The van der Waals surface area contributed by atoms with E-state index in [0.717, 1.165) is 49.8 Å². The minimum absolute atomic E-state index is 0.0392. The zero-order chi connectivity index (χ0) is 26.5. The van der Waals surface area contributed by atoms with E-state index in [1.54, 1.807) is 0 Å². The number of benzene rings is 1. The van der Waals surface area contributed by atoms with Crippen molar-refractivity contribution in [1.82, 2.24) is 10.3 Å².